The first-order chi connectivity index (χ1) is 72.9. The lowest BCUT2D eigenvalue weighted by molar-refractivity contribution is 0.0710. The van der Waals surface area contributed by atoms with E-state index in [1.165, 1.54) is 0 Å². The van der Waals surface area contributed by atoms with Gasteiger partial charge in [-0.3, -0.25) is 38.5 Å². The molecule has 0 radical (unpaired) electrons. The predicted octanol–water partition coefficient (Wildman–Crippen LogP) is 9.37. The number of nitrogens with zero attached hydrogens (tertiary/aromatic N) is 9. The van der Waals surface area contributed by atoms with E-state index in [9.17, 15) is 19.2 Å². The minimum absolute atomic E-state index is 0. The summed E-state index contributed by atoms with van der Waals surface area (Å²) in [7, 11) is 0. The highest BCUT2D eigenvalue weighted by Gasteiger charge is 2.35. The molecule has 0 fully saturated rings. The van der Waals surface area contributed by atoms with Crippen LogP contribution in [0.15, 0.2) is 85.2 Å². The molecule has 0 aliphatic carbocycles. The molecule has 0 atom stereocenters. The van der Waals surface area contributed by atoms with Gasteiger partial charge in [0.2, 0.25) is 0 Å². The van der Waals surface area contributed by atoms with Gasteiger partial charge in [-0.1, -0.05) is 64.5 Å². The van der Waals surface area contributed by atoms with E-state index in [0.717, 1.165) is 46.7 Å². The summed E-state index contributed by atoms with van der Waals surface area (Å²) in [4.78, 5) is 65.4. The second kappa shape index (κ2) is 74.9. The molecule has 8 heterocycles. The zero-order valence-electron chi connectivity index (χ0n) is 77.5. The third kappa shape index (κ3) is 49.0. The summed E-state index contributed by atoms with van der Waals surface area (Å²) in [5, 5.41) is 13.7. The molecule has 10 rings (SSSR count). The molecule has 1 N–H and O–H groups in total. The van der Waals surface area contributed by atoms with Crippen molar-refractivity contribution in [1.82, 2.24) is 49.5 Å². The first kappa shape index (κ1) is 114. The van der Waals surface area contributed by atoms with Crippen LogP contribution >= 0.6 is 70.4 Å². The number of amides is 4. The number of terminal acetylenes is 1. The van der Waals surface area contributed by atoms with Crippen LogP contribution in [0.25, 0.3) is 0 Å². The van der Waals surface area contributed by atoms with E-state index < -0.39 is 0 Å². The van der Waals surface area contributed by atoms with Crippen LogP contribution in [0, 0.1) is 486 Å². The van der Waals surface area contributed by atoms with Gasteiger partial charge in [-0.2, -0.15) is 10.2 Å². The Labute approximate surface area is 900 Å². The molecule has 2 aromatic carbocycles. The molecule has 4 aromatic heterocycles. The number of nitrogens with one attached hydrogen (secondary N) is 1. The van der Waals surface area contributed by atoms with Crippen molar-refractivity contribution in [2.24, 2.45) is 0 Å². The van der Waals surface area contributed by atoms with Crippen LogP contribution in [0.2, 0.25) is 20.1 Å². The first-order valence-electron chi connectivity index (χ1n) is 41.9. The van der Waals surface area contributed by atoms with Crippen LogP contribution in [-0.4, -0.2) is 94.0 Å². The zero-order chi connectivity index (χ0) is 105. The number of hydrogen-bond acceptors (Lipinski definition) is 8. The molecular weight excluding hydrogens is 1970 g/mol. The molecule has 0 bridgehead atoms. The molecule has 0 unspecified atom stereocenters. The largest absolute Gasteiger partial charge is 0.351 e. The molecule has 6 aromatic rings. The van der Waals surface area contributed by atoms with Crippen LogP contribution in [0.3, 0.4) is 0 Å². The monoisotopic (exact) mass is 2010 g/mol. The minimum Gasteiger partial charge on any atom is -0.351 e. The van der Waals surface area contributed by atoms with Gasteiger partial charge in [0.05, 0.1) is 68.4 Å². The SMILES string of the molecule is C#CC#CC#CC#CC#CC#CC#CC#CC#CC#CC#CC#CC#CC#CC#CC#CC#CC#CC#CC#CC#CC#CC#CC#CC#CC#CC#CC#CC#CC#CC#CC#CC#CC#CC#CC#CC#CC#CC#CC#CC#CC.Cl.ClCc1ccccn1.O=C(c1ccc(Cl)c(Cl)c1)N1CCc2nn3c(c2C1)C(=O)N(Cc1ccccn1)CCC3.O=C1NCCCn2nc3c(c21)CN(C(=O)c1ccc(Cl)c(Cl)c1)CC3. The second-order valence-electron chi connectivity index (χ2n) is 25.9. The van der Waals surface area contributed by atoms with Crippen molar-refractivity contribution in [3.8, 4) is 486 Å². The maximum atomic E-state index is 13.5. The Hall–Kier alpha value is -23.3. The van der Waals surface area contributed by atoms with Gasteiger partial charge in [0.25, 0.3) is 23.6 Å². The zero-order valence-corrected chi connectivity index (χ0v) is 82.1. The average molecular weight is 2010 g/mol. The minimum atomic E-state index is -0.138. The second-order valence-corrected chi connectivity index (χ2v) is 27.8. The van der Waals surface area contributed by atoms with Crippen molar-refractivity contribution in [2.45, 2.75) is 71.2 Å². The van der Waals surface area contributed by atoms with Crippen LogP contribution < -0.4 is 5.32 Å². The molecule has 0 spiro atoms. The summed E-state index contributed by atoms with van der Waals surface area (Å²) in [6, 6.07) is 21.1. The van der Waals surface area contributed by atoms with E-state index in [4.69, 9.17) is 69.5 Å². The number of pyridine rings is 2. The van der Waals surface area contributed by atoms with E-state index in [1.807, 2.05) is 46.0 Å². The summed E-state index contributed by atoms with van der Waals surface area (Å²) in [6.07, 6.45) is 11.3. The maximum absolute atomic E-state index is 13.5. The molecule has 4 amide bonds. The Kier molecular flexibility index (Phi) is 57.5. The number of carbonyl (C=O) groups excluding carboxylic acids is 4. The van der Waals surface area contributed by atoms with E-state index in [1.54, 1.807) is 70.2 Å². The van der Waals surface area contributed by atoms with Gasteiger partial charge in [0.15, 0.2) is 0 Å². The molecule has 4 aliphatic rings. The number of rotatable bonds is 5. The lowest BCUT2D eigenvalue weighted by Crippen LogP contribution is -2.37. The van der Waals surface area contributed by atoms with Crippen molar-refractivity contribution in [1.29, 1.82) is 0 Å². The van der Waals surface area contributed by atoms with Gasteiger partial charge >= 0.3 is 0 Å². The standard InChI is InChI=1S/C83H4.C23H21Cl2N5O2.C17H16Cl2N4O2.C6H6ClN.ClH/c1-3-5-7-9-11-13-15-17-19-21-23-25-27-29-31-33-35-37-39-41-43-45-47-49-51-53-55-57-59-61-63-65-67-69-71-73-75-77-79-81-83-82-80-78-76-74-72-70-68-66-64-62-60-58-56-54-52-50-48-46-44-42-40-38-36-34-32-30-28-26-24-22-20-18-16-14-12-10-8-6-4-2;24-18-6-5-15(12-19(18)25)22(31)29-11-7-20-17(14-29)21-23(32)28(9-3-10-30(21)27-20)13-16-4-1-2-8-26-16;18-12-3-2-10(8-13(12)19)17(25)22-7-4-14-11(9-22)15-16(24)20-5-1-6-23(15)21-14;7-5-6-3-1-2-4-8-6;/h1H,2H3;1-2,4-6,8,12H,3,7,9-11,13-14H2;2-3,8H,1,4-7,9H2,(H,20,24);1-4H,5H2;1H. The van der Waals surface area contributed by atoms with Crippen molar-refractivity contribution >= 4 is 94.0 Å². The molecular formula is C129H48Cl6N10O4. The Morgan fingerprint density at radius 3 is 0.859 bits per heavy atom. The summed E-state index contributed by atoms with van der Waals surface area (Å²) in [5.41, 5.74) is 7.38. The van der Waals surface area contributed by atoms with E-state index >= 15 is 0 Å². The molecule has 20 heteroatoms. The van der Waals surface area contributed by atoms with Crippen LogP contribution in [0.5, 0.6) is 0 Å². The van der Waals surface area contributed by atoms with Gasteiger partial charge in [-0.05, 0) is 175 Å². The summed E-state index contributed by atoms with van der Waals surface area (Å²) in [5.74, 6) is 202. The van der Waals surface area contributed by atoms with E-state index in [0.29, 0.717) is 120 Å². The average Bonchev–Trinajstić information content (AvgIpc) is 1.63. The van der Waals surface area contributed by atoms with Crippen molar-refractivity contribution in [3.05, 3.63) is 162 Å². The van der Waals surface area contributed by atoms with E-state index in [2.05, 4.69) is 500 Å². The molecule has 149 heavy (non-hydrogen) atoms. The molecule has 0 saturated heterocycles. The lowest BCUT2D eigenvalue weighted by atomic mass is 10.0. The van der Waals surface area contributed by atoms with Crippen molar-refractivity contribution in [2.75, 3.05) is 26.2 Å². The normalized spacial score (nSPS) is 8.91. The fourth-order valence-electron chi connectivity index (χ4n) is 10.6. The first-order valence-corrected chi connectivity index (χ1v) is 43.9. The van der Waals surface area contributed by atoms with Gasteiger partial charge < -0.3 is 20.0 Å². The number of carbonyl (C=O) groups is 4. The van der Waals surface area contributed by atoms with Crippen LogP contribution in [0.4, 0.5) is 0 Å². The number of benzene rings is 2. The van der Waals surface area contributed by atoms with Crippen LogP contribution in [-0.2, 0) is 51.4 Å². The highest BCUT2D eigenvalue weighted by Crippen LogP contribution is 2.31. The number of halogens is 6. The van der Waals surface area contributed by atoms with Gasteiger partial charge in [-0.15, -0.1) is 30.4 Å². The predicted molar refractivity (Wildman–Crippen MR) is 581 cm³/mol. The third-order valence-electron chi connectivity index (χ3n) is 16.5. The highest BCUT2D eigenvalue weighted by atomic mass is 35.5. The van der Waals surface area contributed by atoms with Gasteiger partial charge in [0.1, 0.15) is 11.4 Å². The molecule has 14 nitrogen and oxygen atoms in total. The Bertz CT molecular complexity index is 9430. The van der Waals surface area contributed by atoms with E-state index in [-0.39, 0.29) is 36.0 Å². The summed E-state index contributed by atoms with van der Waals surface area (Å²) < 4.78 is 3.60. The fraction of sp³-hybridized carbons (Fsp3) is 0.116. The maximum Gasteiger partial charge on any atom is 0.272 e. The smallest absolute Gasteiger partial charge is 0.272 e. The molecule has 680 valence electrons. The number of hydrogen-bond donors (Lipinski definition) is 1. The quantitative estimate of drug-likeness (QED) is 0.133. The summed E-state index contributed by atoms with van der Waals surface area (Å²) in [6.45, 7) is 6.61. The van der Waals surface area contributed by atoms with Gasteiger partial charge in [-0.25, -0.2) is 0 Å². The topological polar surface area (TPSA) is 151 Å². The van der Waals surface area contributed by atoms with Gasteiger partial charge in [0, 0.05) is 466 Å². The van der Waals surface area contributed by atoms with Crippen molar-refractivity contribution in [3.63, 3.8) is 0 Å². The van der Waals surface area contributed by atoms with Crippen molar-refractivity contribution < 1.29 is 19.2 Å². The molecule has 0 saturated carbocycles. The number of aromatic nitrogens is 6. The number of aryl methyl sites for hydroxylation is 2. The highest BCUT2D eigenvalue weighted by molar-refractivity contribution is 6.42. The third-order valence-corrected chi connectivity index (χ3v) is 18.2. The van der Waals surface area contributed by atoms with Crippen LogP contribution in [0.1, 0.15) is 95.4 Å². The Balaban J connectivity index is 0.000000403. The Morgan fingerprint density at radius 2 is 0.597 bits per heavy atom. The fourth-order valence-corrected chi connectivity index (χ4v) is 11.4. The lowest BCUT2D eigenvalue weighted by Gasteiger charge is -2.28. The number of alkyl halides is 1. The number of fused-ring (bicyclic) bond motifs is 6. The Morgan fingerprint density at radius 1 is 0.329 bits per heavy atom. The summed E-state index contributed by atoms with van der Waals surface area (Å²) >= 11 is 29.5. The molecule has 4 aliphatic heterocycles.